The molecule has 4 aromatic heterocycles. The minimum atomic E-state index is 0.875. The van der Waals surface area contributed by atoms with Gasteiger partial charge < -0.3 is 18.0 Å². The van der Waals surface area contributed by atoms with E-state index in [4.69, 9.17) is 8.83 Å². The Morgan fingerprint density at radius 2 is 1.21 bits per heavy atom. The van der Waals surface area contributed by atoms with Crippen molar-refractivity contribution < 1.29 is 8.83 Å². The van der Waals surface area contributed by atoms with Gasteiger partial charge in [0, 0.05) is 60.5 Å². The molecule has 0 saturated heterocycles. The van der Waals surface area contributed by atoms with Crippen molar-refractivity contribution in [1.29, 1.82) is 0 Å². The van der Waals surface area contributed by atoms with Gasteiger partial charge in [0.15, 0.2) is 0 Å². The molecular formula is C49H32N2O2. The first kappa shape index (κ1) is 29.7. The van der Waals surface area contributed by atoms with Gasteiger partial charge in [-0.15, -0.1) is 0 Å². The highest BCUT2D eigenvalue weighted by Crippen LogP contribution is 2.44. The summed E-state index contributed by atoms with van der Waals surface area (Å²) in [6.07, 6.45) is 8.12. The second-order valence-electron chi connectivity index (χ2n) is 13.7. The maximum atomic E-state index is 6.38. The number of rotatable bonds is 5. The Labute approximate surface area is 304 Å². The van der Waals surface area contributed by atoms with Gasteiger partial charge in [0.2, 0.25) is 0 Å². The molecule has 0 spiro atoms. The third-order valence-corrected chi connectivity index (χ3v) is 10.8. The van der Waals surface area contributed by atoms with Gasteiger partial charge in [-0.25, -0.2) is 0 Å². The molecule has 53 heavy (non-hydrogen) atoms. The number of benzene rings is 7. The lowest BCUT2D eigenvalue weighted by atomic mass is 9.99. The average molecular weight is 681 g/mol. The molecule has 0 amide bonds. The molecule has 0 saturated carbocycles. The van der Waals surface area contributed by atoms with Crippen LogP contribution in [-0.4, -0.2) is 9.13 Å². The van der Waals surface area contributed by atoms with Crippen LogP contribution in [0.1, 0.15) is 6.92 Å². The zero-order valence-electron chi connectivity index (χ0n) is 29.0. The number of aromatic nitrogens is 2. The number of nitrogens with zero attached hydrogens (tertiary/aromatic N) is 2. The second-order valence-corrected chi connectivity index (χ2v) is 13.7. The number of hydrogen-bond acceptors (Lipinski definition) is 2. The summed E-state index contributed by atoms with van der Waals surface area (Å²) >= 11 is 0. The van der Waals surface area contributed by atoms with Crippen molar-refractivity contribution >= 4 is 93.2 Å². The van der Waals surface area contributed by atoms with Crippen LogP contribution in [0.5, 0.6) is 0 Å². The molecule has 0 N–H and O–H groups in total. The molecule has 11 aromatic rings. The van der Waals surface area contributed by atoms with Gasteiger partial charge in [-0.1, -0.05) is 91.5 Å². The lowest BCUT2D eigenvalue weighted by Crippen LogP contribution is -1.94. The van der Waals surface area contributed by atoms with Crippen molar-refractivity contribution in [3.05, 3.63) is 170 Å². The monoisotopic (exact) mass is 680 g/mol. The van der Waals surface area contributed by atoms with Crippen LogP contribution in [0, 0.1) is 0 Å². The number of hydrogen-bond donors (Lipinski definition) is 0. The van der Waals surface area contributed by atoms with E-state index in [2.05, 4.69) is 155 Å². The van der Waals surface area contributed by atoms with E-state index in [1.807, 2.05) is 31.2 Å². The van der Waals surface area contributed by atoms with Gasteiger partial charge >= 0.3 is 0 Å². The highest BCUT2D eigenvalue weighted by molar-refractivity contribution is 6.27. The highest BCUT2D eigenvalue weighted by Gasteiger charge is 2.21. The molecule has 0 radical (unpaired) electrons. The summed E-state index contributed by atoms with van der Waals surface area (Å²) in [7, 11) is 0. The van der Waals surface area contributed by atoms with Gasteiger partial charge in [-0.3, -0.25) is 0 Å². The first-order valence-corrected chi connectivity index (χ1v) is 18.0. The number of para-hydroxylation sites is 3. The van der Waals surface area contributed by atoms with E-state index < -0.39 is 0 Å². The quantitative estimate of drug-likeness (QED) is 0.170. The first-order valence-electron chi connectivity index (χ1n) is 18.0. The predicted molar refractivity (Wildman–Crippen MR) is 223 cm³/mol. The lowest BCUT2D eigenvalue weighted by Gasteiger charge is -2.10. The zero-order valence-corrected chi connectivity index (χ0v) is 29.0. The molecule has 0 unspecified atom stereocenters. The van der Waals surface area contributed by atoms with E-state index in [0.717, 1.165) is 88.5 Å². The van der Waals surface area contributed by atoms with Crippen LogP contribution in [-0.2, 0) is 0 Å². The van der Waals surface area contributed by atoms with Crippen LogP contribution >= 0.6 is 0 Å². The molecule has 0 aliphatic carbocycles. The summed E-state index contributed by atoms with van der Waals surface area (Å²) < 4.78 is 17.5. The third-order valence-electron chi connectivity index (χ3n) is 10.8. The normalized spacial score (nSPS) is 12.7. The number of fused-ring (bicyclic) bond motifs is 13. The fourth-order valence-electron chi connectivity index (χ4n) is 8.55. The third kappa shape index (κ3) is 4.24. The van der Waals surface area contributed by atoms with E-state index in [0.29, 0.717) is 0 Å². The minimum Gasteiger partial charge on any atom is -0.456 e. The Kier molecular flexibility index (Phi) is 6.29. The van der Waals surface area contributed by atoms with Crippen molar-refractivity contribution in [2.24, 2.45) is 0 Å². The van der Waals surface area contributed by atoms with E-state index in [1.165, 1.54) is 21.5 Å². The number of furan rings is 2. The highest BCUT2D eigenvalue weighted by atomic mass is 16.3. The molecule has 11 rings (SSSR count). The van der Waals surface area contributed by atoms with Crippen molar-refractivity contribution in [2.45, 2.75) is 6.92 Å². The van der Waals surface area contributed by atoms with Crippen LogP contribution in [0.15, 0.2) is 179 Å². The molecule has 7 aromatic carbocycles. The van der Waals surface area contributed by atoms with Crippen molar-refractivity contribution in [2.75, 3.05) is 0 Å². The first-order chi connectivity index (χ1) is 26.2. The van der Waals surface area contributed by atoms with Gasteiger partial charge in [-0.05, 0) is 90.9 Å². The fraction of sp³-hybridized carbons (Fsp3) is 0.0204. The fourth-order valence-corrected chi connectivity index (χ4v) is 8.55. The summed E-state index contributed by atoms with van der Waals surface area (Å²) in [4.78, 5) is 0. The molecule has 0 bridgehead atoms. The average Bonchev–Trinajstić information content (AvgIpc) is 3.94. The molecule has 0 atom stereocenters. The van der Waals surface area contributed by atoms with Crippen LogP contribution in [0.25, 0.3) is 110 Å². The summed E-state index contributed by atoms with van der Waals surface area (Å²) in [5, 5.41) is 9.28. The van der Waals surface area contributed by atoms with Crippen LogP contribution in [0.4, 0.5) is 0 Å². The van der Waals surface area contributed by atoms with Crippen molar-refractivity contribution in [1.82, 2.24) is 9.13 Å². The predicted octanol–water partition coefficient (Wildman–Crippen LogP) is 14.0. The Bertz CT molecular complexity index is 3360. The molecular weight excluding hydrogens is 649 g/mol. The summed E-state index contributed by atoms with van der Waals surface area (Å²) in [5.41, 5.74) is 12.6. The lowest BCUT2D eigenvalue weighted by molar-refractivity contribution is 0.669. The topological polar surface area (TPSA) is 36.1 Å². The van der Waals surface area contributed by atoms with E-state index in [9.17, 15) is 0 Å². The van der Waals surface area contributed by atoms with Crippen LogP contribution in [0.3, 0.4) is 0 Å². The molecule has 4 heterocycles. The molecule has 0 fully saturated rings. The second kappa shape index (κ2) is 11.2. The minimum absolute atomic E-state index is 0.875. The van der Waals surface area contributed by atoms with Gasteiger partial charge in [0.25, 0.3) is 0 Å². The maximum absolute atomic E-state index is 6.38. The van der Waals surface area contributed by atoms with Crippen molar-refractivity contribution in [3.8, 4) is 16.8 Å². The zero-order chi connectivity index (χ0) is 35.2. The Morgan fingerprint density at radius 1 is 0.509 bits per heavy atom. The molecule has 0 aliphatic heterocycles. The van der Waals surface area contributed by atoms with E-state index in [1.54, 1.807) is 0 Å². The standard InChI is InChI=1S/C49H32N2O2/c1-3-12-32(13-4-2)50-40-23-21-30(26-37(40)38-28-39-34-16-8-10-18-44(34)53-47(39)29-43(38)50)31-20-22-35-42(27-31)51(33-14-6-5-7-15-33)41-24-25-46-49(48(35)41)36-17-9-11-19-45(36)52-46/h3-29H,1H2,2H3/b13-4-,32-12+. The largest absolute Gasteiger partial charge is 0.456 e. The van der Waals surface area contributed by atoms with Crippen LogP contribution < -0.4 is 0 Å². The summed E-state index contributed by atoms with van der Waals surface area (Å²) in [6, 6.07) is 49.8. The van der Waals surface area contributed by atoms with Gasteiger partial charge in [-0.2, -0.15) is 0 Å². The van der Waals surface area contributed by atoms with Gasteiger partial charge in [0.1, 0.15) is 22.3 Å². The van der Waals surface area contributed by atoms with Crippen molar-refractivity contribution in [3.63, 3.8) is 0 Å². The molecule has 4 nitrogen and oxygen atoms in total. The summed E-state index contributed by atoms with van der Waals surface area (Å²) in [6.45, 7) is 6.08. The Morgan fingerprint density at radius 3 is 2.04 bits per heavy atom. The van der Waals surface area contributed by atoms with E-state index >= 15 is 0 Å². The SMILES string of the molecule is C=C/C=C(\C=C/C)n1c2ccc(-c3ccc4c5c6c(ccc5n(-c5ccccc5)c4c3)oc3ccccc36)cc2c2cc3c(cc21)oc1ccccc13. The Hall–Kier alpha value is -7.04. The molecule has 250 valence electrons. The Balaban J connectivity index is 1.20. The van der Waals surface area contributed by atoms with E-state index in [-0.39, 0.29) is 0 Å². The maximum Gasteiger partial charge on any atom is 0.137 e. The summed E-state index contributed by atoms with van der Waals surface area (Å²) in [5.74, 6) is 0. The van der Waals surface area contributed by atoms with Gasteiger partial charge in [0.05, 0.1) is 22.1 Å². The van der Waals surface area contributed by atoms with Crippen LogP contribution in [0.2, 0.25) is 0 Å². The molecule has 0 aliphatic rings. The molecule has 4 heteroatoms. The smallest absolute Gasteiger partial charge is 0.137 e. The number of allylic oxidation sites excluding steroid dienone is 5.